The van der Waals surface area contributed by atoms with Crippen LogP contribution in [0.25, 0.3) is 0 Å². The molecule has 1 heterocycles. The summed E-state index contributed by atoms with van der Waals surface area (Å²) in [4.78, 5) is 13.0. The average Bonchev–Trinajstić information content (AvgIpc) is 3.33. The smallest absolute Gasteiger partial charge is 0.224 e. The second-order valence-corrected chi connectivity index (χ2v) is 19.4. The van der Waals surface area contributed by atoms with Gasteiger partial charge in [-0.3, -0.25) is 4.79 Å². The molecule has 6 N–H and O–H groups in total. The van der Waals surface area contributed by atoms with Crippen molar-refractivity contribution in [2.24, 2.45) is 0 Å². The van der Waals surface area contributed by atoms with E-state index in [1.54, 1.807) is 6.08 Å². The number of carbonyl (C=O) groups excluding carboxylic acids is 1. The number of aliphatic hydroxyl groups excluding tert-OH is 5. The van der Waals surface area contributed by atoms with Gasteiger partial charge in [-0.05, 0) is 38.5 Å². The van der Waals surface area contributed by atoms with Gasteiger partial charge >= 0.3 is 0 Å². The van der Waals surface area contributed by atoms with E-state index in [1.807, 2.05) is 6.08 Å². The number of allylic oxidation sites excluding steroid dienone is 9. The Morgan fingerprint density at radius 1 is 0.507 bits per heavy atom. The first-order valence-electron chi connectivity index (χ1n) is 28.0. The summed E-state index contributed by atoms with van der Waals surface area (Å²) in [6.45, 7) is 3.68. The Hall–Kier alpha value is -2.11. The zero-order valence-electron chi connectivity index (χ0n) is 43.1. The number of hydrogen-bond donors (Lipinski definition) is 6. The number of aliphatic hydroxyl groups is 5. The number of nitrogens with one attached hydrogen (secondary N) is 1. The third kappa shape index (κ3) is 37.4. The van der Waals surface area contributed by atoms with E-state index in [-0.39, 0.29) is 18.9 Å². The third-order valence-corrected chi connectivity index (χ3v) is 13.2. The Kier molecular flexibility index (Phi) is 44.7. The van der Waals surface area contributed by atoms with Crippen molar-refractivity contribution in [1.82, 2.24) is 5.32 Å². The molecule has 0 aromatic rings. The van der Waals surface area contributed by atoms with Crippen molar-refractivity contribution >= 4 is 5.91 Å². The molecule has 1 aliphatic rings. The Morgan fingerprint density at radius 3 is 1.24 bits per heavy atom. The van der Waals surface area contributed by atoms with Crippen LogP contribution in [0, 0.1) is 0 Å². The first-order chi connectivity index (χ1) is 32.8. The fourth-order valence-electron chi connectivity index (χ4n) is 8.76. The lowest BCUT2D eigenvalue weighted by atomic mass is 9.99. The largest absolute Gasteiger partial charge is 0.394 e. The van der Waals surface area contributed by atoms with Crippen LogP contribution in [0.2, 0.25) is 0 Å². The summed E-state index contributed by atoms with van der Waals surface area (Å²) in [7, 11) is 0. The van der Waals surface area contributed by atoms with Crippen molar-refractivity contribution in [2.45, 2.75) is 288 Å². The van der Waals surface area contributed by atoms with Crippen LogP contribution in [0.3, 0.4) is 0 Å². The summed E-state index contributed by atoms with van der Waals surface area (Å²) in [5.41, 5.74) is 0. The molecule has 1 rings (SSSR count). The van der Waals surface area contributed by atoms with E-state index in [2.05, 4.69) is 67.8 Å². The molecule has 1 saturated heterocycles. The van der Waals surface area contributed by atoms with E-state index in [9.17, 15) is 30.3 Å². The summed E-state index contributed by atoms with van der Waals surface area (Å²) in [6.07, 6.45) is 57.2. The molecule has 1 aliphatic heterocycles. The van der Waals surface area contributed by atoms with Crippen LogP contribution in [0.5, 0.6) is 0 Å². The standard InChI is InChI=1S/C58H105NO8/c1-3-5-7-9-11-13-15-17-19-20-21-22-23-24-25-26-27-28-29-30-31-32-34-35-37-39-41-43-45-47-52(61)51(50-66-58-57(65)56(64)55(63)53(49-60)67-58)59-54(62)48-46-44-42-40-38-36-33-18-16-14-12-10-8-6-4-2/h6,8,12,14,18,33,38,40,44,46,51-53,55-58,60-61,63-65H,3-5,7,9-11,13,15-17,19-32,34-37,39,41-43,45,47-50H2,1-2H3,(H,59,62)/b8-6-,14-12-,33-18-,40-38-,46-44-. The van der Waals surface area contributed by atoms with Crippen LogP contribution in [0.1, 0.15) is 245 Å². The predicted molar refractivity (Wildman–Crippen MR) is 281 cm³/mol. The molecule has 9 heteroatoms. The number of rotatable bonds is 47. The molecule has 0 aliphatic carbocycles. The lowest BCUT2D eigenvalue weighted by Gasteiger charge is -2.40. The summed E-state index contributed by atoms with van der Waals surface area (Å²) in [6, 6.07) is -0.776. The van der Waals surface area contributed by atoms with Gasteiger partial charge in [-0.2, -0.15) is 0 Å². The maximum Gasteiger partial charge on any atom is 0.224 e. The number of amides is 1. The van der Waals surface area contributed by atoms with Gasteiger partial charge in [0.2, 0.25) is 5.91 Å². The Labute approximate surface area is 411 Å². The molecule has 7 atom stereocenters. The van der Waals surface area contributed by atoms with Crippen LogP contribution < -0.4 is 5.32 Å². The van der Waals surface area contributed by atoms with E-state index in [0.717, 1.165) is 44.9 Å². The van der Waals surface area contributed by atoms with Crippen LogP contribution in [-0.4, -0.2) is 87.5 Å². The topological polar surface area (TPSA) is 149 Å². The summed E-state index contributed by atoms with van der Waals surface area (Å²) in [5.74, 6) is -0.270. The molecule has 1 amide bonds. The monoisotopic (exact) mass is 944 g/mol. The van der Waals surface area contributed by atoms with Crippen LogP contribution >= 0.6 is 0 Å². The van der Waals surface area contributed by atoms with Crippen LogP contribution in [0.4, 0.5) is 0 Å². The first-order valence-corrected chi connectivity index (χ1v) is 28.0. The van der Waals surface area contributed by atoms with Crippen molar-refractivity contribution in [3.05, 3.63) is 60.8 Å². The Morgan fingerprint density at radius 2 is 0.866 bits per heavy atom. The van der Waals surface area contributed by atoms with Gasteiger partial charge in [-0.1, -0.05) is 261 Å². The van der Waals surface area contributed by atoms with Gasteiger partial charge in [0, 0.05) is 6.42 Å². The lowest BCUT2D eigenvalue weighted by Crippen LogP contribution is -2.60. The van der Waals surface area contributed by atoms with Gasteiger partial charge < -0.3 is 40.3 Å². The molecule has 9 nitrogen and oxygen atoms in total. The zero-order chi connectivity index (χ0) is 48.7. The maximum atomic E-state index is 13.0. The van der Waals surface area contributed by atoms with Crippen molar-refractivity contribution in [3.63, 3.8) is 0 Å². The third-order valence-electron chi connectivity index (χ3n) is 13.2. The average molecular weight is 944 g/mol. The molecular weight excluding hydrogens is 839 g/mol. The van der Waals surface area contributed by atoms with E-state index < -0.39 is 49.5 Å². The number of hydrogen-bond acceptors (Lipinski definition) is 8. The number of carbonyl (C=O) groups is 1. The van der Waals surface area contributed by atoms with Gasteiger partial charge in [0.05, 0.1) is 25.4 Å². The first kappa shape index (κ1) is 62.9. The zero-order valence-corrected chi connectivity index (χ0v) is 43.1. The summed E-state index contributed by atoms with van der Waals surface area (Å²) >= 11 is 0. The van der Waals surface area contributed by atoms with E-state index in [1.165, 1.54) is 167 Å². The molecule has 0 aromatic heterocycles. The molecule has 1 fully saturated rings. The second-order valence-electron chi connectivity index (χ2n) is 19.4. The minimum absolute atomic E-state index is 0.135. The Bertz CT molecular complexity index is 1230. The SMILES string of the molecule is CC/C=C\C/C=C\C/C=C\C/C=C\C/C=C\CC(=O)NC(COC1OC(CO)C(O)C(O)C1O)C(O)CCCCCCCCCCCCCCCCCCCCCCCCCCCCCCC. The fraction of sp³-hybridized carbons (Fsp3) is 0.810. The van der Waals surface area contributed by atoms with Crippen LogP contribution in [-0.2, 0) is 14.3 Å². The summed E-state index contributed by atoms with van der Waals surface area (Å²) < 4.78 is 11.3. The van der Waals surface area contributed by atoms with E-state index in [4.69, 9.17) is 9.47 Å². The fourth-order valence-corrected chi connectivity index (χ4v) is 8.76. The minimum Gasteiger partial charge on any atom is -0.394 e. The normalized spacial score (nSPS) is 20.1. The molecular formula is C58H105NO8. The quantitative estimate of drug-likeness (QED) is 0.0261. The van der Waals surface area contributed by atoms with Gasteiger partial charge in [-0.25, -0.2) is 0 Å². The van der Waals surface area contributed by atoms with Crippen molar-refractivity contribution < 1.29 is 39.8 Å². The maximum absolute atomic E-state index is 13.0. The summed E-state index contributed by atoms with van der Waals surface area (Å²) in [5, 5.41) is 54.5. The highest BCUT2D eigenvalue weighted by Crippen LogP contribution is 2.23. The lowest BCUT2D eigenvalue weighted by molar-refractivity contribution is -0.302. The van der Waals surface area contributed by atoms with Crippen LogP contribution in [0.15, 0.2) is 60.8 Å². The molecule has 390 valence electrons. The molecule has 0 saturated carbocycles. The van der Waals surface area contributed by atoms with Crippen molar-refractivity contribution in [2.75, 3.05) is 13.2 Å². The molecule has 67 heavy (non-hydrogen) atoms. The molecule has 0 spiro atoms. The highest BCUT2D eigenvalue weighted by atomic mass is 16.7. The molecule has 0 radical (unpaired) electrons. The predicted octanol–water partition coefficient (Wildman–Crippen LogP) is 13.5. The Balaban J connectivity index is 2.20. The minimum atomic E-state index is -1.57. The highest BCUT2D eigenvalue weighted by molar-refractivity contribution is 5.77. The second kappa shape index (κ2) is 47.6. The van der Waals surface area contributed by atoms with Crippen molar-refractivity contribution in [1.29, 1.82) is 0 Å². The van der Waals surface area contributed by atoms with Gasteiger partial charge in [-0.15, -0.1) is 0 Å². The van der Waals surface area contributed by atoms with E-state index >= 15 is 0 Å². The molecule has 7 unspecified atom stereocenters. The highest BCUT2D eigenvalue weighted by Gasteiger charge is 2.44. The number of ether oxygens (including phenoxy) is 2. The molecule has 0 bridgehead atoms. The van der Waals surface area contributed by atoms with E-state index in [0.29, 0.717) is 12.8 Å². The molecule has 0 aromatic carbocycles. The number of unbranched alkanes of at least 4 members (excludes halogenated alkanes) is 28. The van der Waals surface area contributed by atoms with Gasteiger partial charge in [0.15, 0.2) is 6.29 Å². The van der Waals surface area contributed by atoms with Crippen molar-refractivity contribution in [3.8, 4) is 0 Å². The van der Waals surface area contributed by atoms with Gasteiger partial charge in [0.25, 0.3) is 0 Å². The van der Waals surface area contributed by atoms with Gasteiger partial charge in [0.1, 0.15) is 24.4 Å².